The van der Waals surface area contributed by atoms with Gasteiger partial charge < -0.3 is 14.7 Å². The van der Waals surface area contributed by atoms with Crippen LogP contribution in [0.25, 0.3) is 0 Å². The number of hydrogen-bond donors (Lipinski definition) is 1. The Morgan fingerprint density at radius 2 is 2.04 bits per heavy atom. The van der Waals surface area contributed by atoms with Crippen LogP contribution in [0.1, 0.15) is 65.1 Å². The summed E-state index contributed by atoms with van der Waals surface area (Å²) in [5, 5.41) is 7.09. The van der Waals surface area contributed by atoms with Gasteiger partial charge in [0.25, 0.3) is 0 Å². The zero-order chi connectivity index (χ0) is 19.0. The topological polar surface area (TPSA) is 84.2 Å². The Kier molecular flexibility index (Phi) is 4.85. The Balaban J connectivity index is 1.37. The Morgan fingerprint density at radius 3 is 2.81 bits per heavy atom. The van der Waals surface area contributed by atoms with Crippen LogP contribution >= 0.6 is 0 Å². The maximum atomic E-state index is 12.7. The van der Waals surface area contributed by atoms with Gasteiger partial charge in [0, 0.05) is 36.5 Å². The van der Waals surface area contributed by atoms with Gasteiger partial charge >= 0.3 is 6.03 Å². The van der Waals surface area contributed by atoms with Gasteiger partial charge in [-0.25, -0.2) is 14.8 Å². The smallest absolute Gasteiger partial charge is 0.317 e. The standard InChI is InChI=1S/C20H27N5O2/c1-12-15-6-4-7-16(15)23-18(22-12)9-10-21-20(26)25-11-5-8-17(25)19-13(2)24-27-14(19)3/h17H,4-11H2,1-3H3,(H,21,26)/t17-/m0/s1. The van der Waals surface area contributed by atoms with Gasteiger partial charge in [-0.05, 0) is 58.4 Å². The van der Waals surface area contributed by atoms with Gasteiger partial charge in [-0.3, -0.25) is 0 Å². The normalized spacial score (nSPS) is 18.8. The summed E-state index contributed by atoms with van der Waals surface area (Å²) >= 11 is 0. The minimum Gasteiger partial charge on any atom is -0.361 e. The molecule has 3 heterocycles. The molecule has 1 N–H and O–H groups in total. The van der Waals surface area contributed by atoms with Crippen molar-refractivity contribution in [3.63, 3.8) is 0 Å². The largest absolute Gasteiger partial charge is 0.361 e. The van der Waals surface area contributed by atoms with Crippen molar-refractivity contribution < 1.29 is 9.32 Å². The highest BCUT2D eigenvalue weighted by Gasteiger charge is 2.33. The highest BCUT2D eigenvalue weighted by atomic mass is 16.5. The van der Waals surface area contributed by atoms with Crippen molar-refractivity contribution in [1.29, 1.82) is 0 Å². The van der Waals surface area contributed by atoms with Crippen molar-refractivity contribution in [2.75, 3.05) is 13.1 Å². The first kappa shape index (κ1) is 17.9. The minimum atomic E-state index is -0.0321. The van der Waals surface area contributed by atoms with Crippen LogP contribution in [-0.2, 0) is 19.3 Å². The van der Waals surface area contributed by atoms with Crippen molar-refractivity contribution >= 4 is 6.03 Å². The Morgan fingerprint density at radius 1 is 1.19 bits per heavy atom. The van der Waals surface area contributed by atoms with Crippen LogP contribution in [0.15, 0.2) is 4.52 Å². The van der Waals surface area contributed by atoms with Gasteiger partial charge in [0.1, 0.15) is 11.6 Å². The fraction of sp³-hybridized carbons (Fsp3) is 0.600. The lowest BCUT2D eigenvalue weighted by atomic mass is 10.0. The first-order chi connectivity index (χ1) is 13.0. The Hall–Kier alpha value is -2.44. The summed E-state index contributed by atoms with van der Waals surface area (Å²) in [6.07, 6.45) is 5.91. The lowest BCUT2D eigenvalue weighted by molar-refractivity contribution is 0.192. The summed E-state index contributed by atoms with van der Waals surface area (Å²) in [4.78, 5) is 24.0. The van der Waals surface area contributed by atoms with Gasteiger partial charge in [0.2, 0.25) is 0 Å². The van der Waals surface area contributed by atoms with Gasteiger partial charge in [-0.2, -0.15) is 0 Å². The molecule has 1 aliphatic heterocycles. The number of hydrogen-bond acceptors (Lipinski definition) is 5. The Bertz CT molecular complexity index is 841. The summed E-state index contributed by atoms with van der Waals surface area (Å²) in [7, 11) is 0. The lowest BCUT2D eigenvalue weighted by Crippen LogP contribution is -2.40. The highest BCUT2D eigenvalue weighted by Crippen LogP contribution is 2.35. The number of nitrogens with zero attached hydrogens (tertiary/aromatic N) is 4. The third-order valence-corrected chi connectivity index (χ3v) is 5.75. The number of amides is 2. The van der Waals surface area contributed by atoms with E-state index >= 15 is 0 Å². The summed E-state index contributed by atoms with van der Waals surface area (Å²) in [6.45, 7) is 7.22. The summed E-state index contributed by atoms with van der Waals surface area (Å²) < 4.78 is 5.30. The summed E-state index contributed by atoms with van der Waals surface area (Å²) in [5.74, 6) is 1.64. The number of carbonyl (C=O) groups excluding carboxylic acids is 1. The van der Waals surface area contributed by atoms with Gasteiger partial charge in [-0.1, -0.05) is 5.16 Å². The number of rotatable bonds is 4. The van der Waals surface area contributed by atoms with Crippen molar-refractivity contribution in [3.8, 4) is 0 Å². The molecule has 27 heavy (non-hydrogen) atoms. The van der Waals surface area contributed by atoms with E-state index in [9.17, 15) is 4.79 Å². The van der Waals surface area contributed by atoms with Crippen LogP contribution in [0.5, 0.6) is 0 Å². The molecule has 7 heteroatoms. The minimum absolute atomic E-state index is 0.0321. The molecule has 0 aromatic carbocycles. The molecular formula is C20H27N5O2. The lowest BCUT2D eigenvalue weighted by Gasteiger charge is -2.25. The van der Waals surface area contributed by atoms with E-state index in [2.05, 4.69) is 22.4 Å². The van der Waals surface area contributed by atoms with E-state index in [-0.39, 0.29) is 12.1 Å². The predicted molar refractivity (Wildman–Crippen MR) is 101 cm³/mol. The van der Waals surface area contributed by atoms with Gasteiger partial charge in [0.05, 0.1) is 11.7 Å². The molecule has 1 atom stereocenters. The molecule has 0 bridgehead atoms. The van der Waals surface area contributed by atoms with E-state index in [0.717, 1.165) is 60.8 Å². The van der Waals surface area contributed by atoms with E-state index < -0.39 is 0 Å². The van der Waals surface area contributed by atoms with Crippen molar-refractivity contribution in [1.82, 2.24) is 25.3 Å². The number of aromatic nitrogens is 3. The van der Waals surface area contributed by atoms with Crippen LogP contribution in [-0.4, -0.2) is 39.1 Å². The van der Waals surface area contributed by atoms with E-state index in [1.807, 2.05) is 18.7 Å². The SMILES string of the molecule is Cc1nc(CCNC(=O)N2CCC[C@H]2c2c(C)noc2C)nc2c1CCC2. The maximum Gasteiger partial charge on any atom is 0.317 e. The van der Waals surface area contributed by atoms with Crippen molar-refractivity contribution in [3.05, 3.63) is 39.8 Å². The molecule has 0 saturated carbocycles. The van der Waals surface area contributed by atoms with Crippen molar-refractivity contribution in [2.24, 2.45) is 0 Å². The molecule has 4 rings (SSSR count). The van der Waals surface area contributed by atoms with Crippen LogP contribution in [0.3, 0.4) is 0 Å². The number of fused-ring (bicyclic) bond motifs is 1. The van der Waals surface area contributed by atoms with Crippen LogP contribution in [0.4, 0.5) is 4.79 Å². The second-order valence-electron chi connectivity index (χ2n) is 7.58. The molecule has 0 spiro atoms. The molecule has 0 radical (unpaired) electrons. The van der Waals surface area contributed by atoms with Crippen LogP contribution < -0.4 is 5.32 Å². The number of nitrogens with one attached hydrogen (secondary N) is 1. The first-order valence-corrected chi connectivity index (χ1v) is 9.87. The average molecular weight is 369 g/mol. The third-order valence-electron chi connectivity index (χ3n) is 5.75. The van der Waals surface area contributed by atoms with E-state index in [1.165, 1.54) is 17.7 Å². The molecule has 144 valence electrons. The fourth-order valence-electron chi connectivity index (χ4n) is 4.45. The maximum absolute atomic E-state index is 12.7. The highest BCUT2D eigenvalue weighted by molar-refractivity contribution is 5.75. The van der Waals surface area contributed by atoms with Crippen molar-refractivity contribution in [2.45, 2.75) is 65.3 Å². The van der Waals surface area contributed by atoms with E-state index in [1.54, 1.807) is 0 Å². The number of carbonyl (C=O) groups is 1. The third kappa shape index (κ3) is 3.42. The second kappa shape index (κ2) is 7.29. The quantitative estimate of drug-likeness (QED) is 0.896. The zero-order valence-corrected chi connectivity index (χ0v) is 16.3. The second-order valence-corrected chi connectivity index (χ2v) is 7.58. The predicted octanol–water partition coefficient (Wildman–Crippen LogP) is 2.97. The molecule has 1 saturated heterocycles. The molecule has 2 amide bonds. The van der Waals surface area contributed by atoms with Gasteiger partial charge in [0.15, 0.2) is 0 Å². The monoisotopic (exact) mass is 369 g/mol. The number of aryl methyl sites for hydroxylation is 4. The first-order valence-electron chi connectivity index (χ1n) is 9.87. The molecule has 0 unspecified atom stereocenters. The zero-order valence-electron chi connectivity index (χ0n) is 16.3. The van der Waals surface area contributed by atoms with Crippen LogP contribution in [0, 0.1) is 20.8 Å². The number of likely N-dealkylation sites (tertiary alicyclic amines) is 1. The fourth-order valence-corrected chi connectivity index (χ4v) is 4.45. The molecule has 2 aromatic heterocycles. The van der Waals surface area contributed by atoms with E-state index in [0.29, 0.717) is 13.0 Å². The summed E-state index contributed by atoms with van der Waals surface area (Å²) in [6, 6.07) is 0.0186. The molecule has 2 aromatic rings. The molecule has 2 aliphatic rings. The van der Waals surface area contributed by atoms with E-state index in [4.69, 9.17) is 9.51 Å². The Labute approximate surface area is 159 Å². The molecular weight excluding hydrogens is 342 g/mol. The molecule has 1 aliphatic carbocycles. The summed E-state index contributed by atoms with van der Waals surface area (Å²) in [5.41, 5.74) is 5.54. The molecule has 7 nitrogen and oxygen atoms in total. The average Bonchev–Trinajstić information content (AvgIpc) is 3.35. The molecule has 1 fully saturated rings. The number of urea groups is 1. The van der Waals surface area contributed by atoms with Gasteiger partial charge in [-0.15, -0.1) is 0 Å². The van der Waals surface area contributed by atoms with Crippen LogP contribution in [0.2, 0.25) is 0 Å².